The van der Waals surface area contributed by atoms with Gasteiger partial charge in [-0.3, -0.25) is 9.48 Å². The minimum Gasteiger partial charge on any atom is -0.481 e. The molecule has 0 spiro atoms. The van der Waals surface area contributed by atoms with Crippen molar-refractivity contribution < 1.29 is 23.1 Å². The molecule has 2 aliphatic rings. The van der Waals surface area contributed by atoms with Gasteiger partial charge in [-0.05, 0) is 50.3 Å². The second-order valence-electron chi connectivity index (χ2n) is 8.69. The van der Waals surface area contributed by atoms with E-state index < -0.39 is 16.0 Å². The summed E-state index contributed by atoms with van der Waals surface area (Å²) in [6.07, 6.45) is 2.59. The zero-order valence-corrected chi connectivity index (χ0v) is 19.3. The van der Waals surface area contributed by atoms with Gasteiger partial charge in [-0.25, -0.2) is 13.4 Å². The second kappa shape index (κ2) is 8.11. The lowest BCUT2D eigenvalue weighted by molar-refractivity contribution is -0.136. The second-order valence-corrected chi connectivity index (χ2v) is 10.6. The van der Waals surface area contributed by atoms with E-state index in [1.54, 1.807) is 16.4 Å². The first-order valence-corrected chi connectivity index (χ1v) is 12.5. The van der Waals surface area contributed by atoms with Crippen LogP contribution in [0.25, 0.3) is 10.9 Å². The molecule has 0 radical (unpaired) electrons. The van der Waals surface area contributed by atoms with Crippen molar-refractivity contribution >= 4 is 26.9 Å². The Morgan fingerprint density at radius 3 is 2.76 bits per heavy atom. The van der Waals surface area contributed by atoms with E-state index in [-0.39, 0.29) is 29.3 Å². The SMILES string of the molecule is CCOc1ccc(S(=O)(=O)N2CCC(n3nc(CC(=O)O)c4ccc(C)cc43)[C@@H]3C[C@@H]32)cn1. The van der Waals surface area contributed by atoms with Gasteiger partial charge in [0.2, 0.25) is 15.9 Å². The summed E-state index contributed by atoms with van der Waals surface area (Å²) in [6.45, 7) is 4.68. The summed E-state index contributed by atoms with van der Waals surface area (Å²) >= 11 is 0. The van der Waals surface area contributed by atoms with Crippen molar-refractivity contribution in [1.29, 1.82) is 0 Å². The minimum atomic E-state index is -3.66. The highest BCUT2D eigenvalue weighted by Crippen LogP contribution is 2.51. The van der Waals surface area contributed by atoms with Gasteiger partial charge in [-0.2, -0.15) is 9.40 Å². The van der Waals surface area contributed by atoms with Crippen LogP contribution in [-0.4, -0.2) is 57.8 Å². The fourth-order valence-corrected chi connectivity index (χ4v) is 6.56. The van der Waals surface area contributed by atoms with Crippen LogP contribution in [0.1, 0.15) is 37.1 Å². The van der Waals surface area contributed by atoms with Gasteiger partial charge in [0, 0.05) is 24.0 Å². The molecule has 1 aromatic carbocycles. The van der Waals surface area contributed by atoms with Crippen LogP contribution < -0.4 is 4.74 Å². The summed E-state index contributed by atoms with van der Waals surface area (Å²) in [7, 11) is -3.66. The summed E-state index contributed by atoms with van der Waals surface area (Å²) < 4.78 is 35.4. The van der Waals surface area contributed by atoms with Crippen LogP contribution >= 0.6 is 0 Å². The highest BCUT2D eigenvalue weighted by molar-refractivity contribution is 7.89. The molecule has 1 aliphatic carbocycles. The van der Waals surface area contributed by atoms with Crippen LogP contribution in [0.15, 0.2) is 41.4 Å². The number of nitrogens with zero attached hydrogens (tertiary/aromatic N) is 4. The maximum atomic E-state index is 13.3. The molecular weight excluding hydrogens is 444 g/mol. The third-order valence-electron chi connectivity index (χ3n) is 6.49. The van der Waals surface area contributed by atoms with Gasteiger partial charge in [0.05, 0.1) is 36.5 Å². The zero-order chi connectivity index (χ0) is 23.3. The Morgan fingerprint density at radius 2 is 2.06 bits per heavy atom. The Kier molecular flexibility index (Phi) is 5.37. The van der Waals surface area contributed by atoms with Crippen molar-refractivity contribution in [2.24, 2.45) is 5.92 Å². The normalized spacial score (nSPS) is 22.8. The van der Waals surface area contributed by atoms with Gasteiger partial charge in [-0.1, -0.05) is 12.1 Å². The molecule has 174 valence electrons. The van der Waals surface area contributed by atoms with Crippen molar-refractivity contribution in [3.8, 4) is 5.88 Å². The Hall–Kier alpha value is -2.98. The van der Waals surface area contributed by atoms with Crippen LogP contribution in [-0.2, 0) is 21.2 Å². The van der Waals surface area contributed by atoms with E-state index in [0.717, 1.165) is 22.9 Å². The maximum Gasteiger partial charge on any atom is 0.309 e. The number of carboxylic acid groups (broad SMARTS) is 1. The number of rotatable bonds is 7. The number of carbonyl (C=O) groups is 1. The molecule has 1 aliphatic heterocycles. The average molecular weight is 471 g/mol. The van der Waals surface area contributed by atoms with E-state index in [0.29, 0.717) is 31.1 Å². The van der Waals surface area contributed by atoms with Gasteiger partial charge in [0.15, 0.2) is 0 Å². The van der Waals surface area contributed by atoms with Crippen LogP contribution in [0.4, 0.5) is 0 Å². The van der Waals surface area contributed by atoms with Gasteiger partial charge in [-0.15, -0.1) is 0 Å². The van der Waals surface area contributed by atoms with Gasteiger partial charge >= 0.3 is 5.97 Å². The number of aliphatic carboxylic acids is 1. The number of piperidine rings is 1. The van der Waals surface area contributed by atoms with E-state index in [1.807, 2.05) is 36.7 Å². The zero-order valence-electron chi connectivity index (χ0n) is 18.5. The Balaban J connectivity index is 1.41. The van der Waals surface area contributed by atoms with Gasteiger partial charge in [0.1, 0.15) is 4.90 Å². The Labute approximate surface area is 192 Å². The Morgan fingerprint density at radius 1 is 1.24 bits per heavy atom. The maximum absolute atomic E-state index is 13.3. The van der Waals surface area contributed by atoms with Gasteiger partial charge in [0.25, 0.3) is 0 Å². The largest absolute Gasteiger partial charge is 0.481 e. The molecule has 1 unspecified atom stereocenters. The average Bonchev–Trinajstić information content (AvgIpc) is 3.50. The number of carboxylic acids is 1. The smallest absolute Gasteiger partial charge is 0.309 e. The lowest BCUT2D eigenvalue weighted by Gasteiger charge is -2.31. The third kappa shape index (κ3) is 3.87. The van der Waals surface area contributed by atoms with Crippen molar-refractivity contribution in [2.45, 2.75) is 50.1 Å². The minimum absolute atomic E-state index is 0.0340. The highest BCUT2D eigenvalue weighted by atomic mass is 32.2. The number of fused-ring (bicyclic) bond motifs is 2. The molecule has 1 saturated heterocycles. The quantitative estimate of drug-likeness (QED) is 0.565. The predicted molar refractivity (Wildman–Crippen MR) is 121 cm³/mol. The van der Waals surface area contributed by atoms with Crippen molar-refractivity contribution in [3.05, 3.63) is 47.8 Å². The molecule has 3 heterocycles. The number of ether oxygens (including phenoxy) is 1. The molecule has 2 fully saturated rings. The molecule has 5 rings (SSSR count). The molecule has 9 nitrogen and oxygen atoms in total. The molecule has 1 N–H and O–H groups in total. The third-order valence-corrected chi connectivity index (χ3v) is 8.40. The standard InChI is InChI=1S/C23H26N4O5S/c1-3-32-22-7-5-15(13-24-22)33(30,31)26-9-8-19(17-11-20(17)26)27-21-10-14(2)4-6-16(21)18(25-27)12-23(28)29/h4-7,10,13,17,19-20H,3,8-9,11-12H2,1-2H3,(H,28,29)/t17-,19?,20-/m0/s1. The molecule has 3 aromatic rings. The van der Waals surface area contributed by atoms with Crippen LogP contribution in [0.5, 0.6) is 5.88 Å². The molecule has 10 heteroatoms. The number of aromatic nitrogens is 3. The lowest BCUT2D eigenvalue weighted by atomic mass is 10.0. The molecular formula is C23H26N4O5S. The van der Waals surface area contributed by atoms with E-state index >= 15 is 0 Å². The number of hydrogen-bond donors (Lipinski definition) is 1. The van der Waals surface area contributed by atoms with Crippen molar-refractivity contribution in [1.82, 2.24) is 19.1 Å². The predicted octanol–water partition coefficient (Wildman–Crippen LogP) is 2.79. The summed E-state index contributed by atoms with van der Waals surface area (Å²) in [4.78, 5) is 15.6. The number of aryl methyl sites for hydroxylation is 1. The highest BCUT2D eigenvalue weighted by Gasteiger charge is 2.55. The lowest BCUT2D eigenvalue weighted by Crippen LogP contribution is -2.40. The Bertz CT molecular complexity index is 1320. The van der Waals surface area contributed by atoms with E-state index in [9.17, 15) is 18.3 Å². The summed E-state index contributed by atoms with van der Waals surface area (Å²) in [5, 5.41) is 14.8. The first kappa shape index (κ1) is 21.8. The van der Waals surface area contributed by atoms with E-state index in [2.05, 4.69) is 10.1 Å². The molecule has 2 aromatic heterocycles. The summed E-state index contributed by atoms with van der Waals surface area (Å²) in [5.74, 6) is -0.376. The fraction of sp³-hybridized carbons (Fsp3) is 0.435. The van der Waals surface area contributed by atoms with Crippen molar-refractivity contribution in [2.75, 3.05) is 13.2 Å². The molecule has 33 heavy (non-hydrogen) atoms. The number of hydrogen-bond acceptors (Lipinski definition) is 6. The van der Waals surface area contributed by atoms with Gasteiger partial charge < -0.3 is 9.84 Å². The summed E-state index contributed by atoms with van der Waals surface area (Å²) in [5.41, 5.74) is 2.53. The molecule has 3 atom stereocenters. The molecule has 0 bridgehead atoms. The first-order chi connectivity index (χ1) is 15.8. The number of benzene rings is 1. The number of sulfonamides is 1. The van der Waals surface area contributed by atoms with Crippen LogP contribution in [0.2, 0.25) is 0 Å². The fourth-order valence-electron chi connectivity index (χ4n) is 4.91. The molecule has 0 amide bonds. The van der Waals surface area contributed by atoms with E-state index in [4.69, 9.17) is 4.74 Å². The summed E-state index contributed by atoms with van der Waals surface area (Å²) in [6, 6.07) is 8.97. The molecule has 1 saturated carbocycles. The topological polar surface area (TPSA) is 115 Å². The van der Waals surface area contributed by atoms with Crippen molar-refractivity contribution in [3.63, 3.8) is 0 Å². The van der Waals surface area contributed by atoms with E-state index in [1.165, 1.54) is 6.20 Å². The van der Waals surface area contributed by atoms with Crippen LogP contribution in [0, 0.1) is 12.8 Å². The number of pyridine rings is 1. The first-order valence-electron chi connectivity index (χ1n) is 11.1. The monoisotopic (exact) mass is 470 g/mol. The van der Waals surface area contributed by atoms with Crippen LogP contribution in [0.3, 0.4) is 0 Å².